The van der Waals surface area contributed by atoms with Gasteiger partial charge in [-0.15, -0.1) is 0 Å². The molecule has 1 aromatic rings. The number of pyridine rings is 1. The maximum absolute atomic E-state index is 11.2. The van der Waals surface area contributed by atoms with Crippen LogP contribution in [0, 0.1) is 5.92 Å². The monoisotopic (exact) mass is 310 g/mol. The van der Waals surface area contributed by atoms with E-state index in [1.807, 2.05) is 6.20 Å². The second kappa shape index (κ2) is 4.63. The molecule has 4 nitrogen and oxygen atoms in total. The van der Waals surface area contributed by atoms with Gasteiger partial charge in [-0.1, -0.05) is 0 Å². The van der Waals surface area contributed by atoms with Crippen molar-refractivity contribution in [1.82, 2.24) is 9.88 Å². The van der Waals surface area contributed by atoms with Crippen molar-refractivity contribution in [3.05, 3.63) is 28.5 Å². The Morgan fingerprint density at radius 3 is 3.00 bits per heavy atom. The van der Waals surface area contributed by atoms with E-state index in [9.17, 15) is 9.90 Å². The lowest BCUT2D eigenvalue weighted by Gasteiger charge is -2.22. The largest absolute Gasteiger partial charge is 0.481 e. The molecule has 3 atom stereocenters. The van der Waals surface area contributed by atoms with Gasteiger partial charge in [-0.2, -0.15) is 0 Å². The number of rotatable bonds is 3. The number of hydrogen-bond donors (Lipinski definition) is 1. The van der Waals surface area contributed by atoms with Gasteiger partial charge >= 0.3 is 5.97 Å². The van der Waals surface area contributed by atoms with E-state index in [-0.39, 0.29) is 12.0 Å². The average molecular weight is 311 g/mol. The summed E-state index contributed by atoms with van der Waals surface area (Å²) in [6, 6.07) is 2.71. The van der Waals surface area contributed by atoms with Crippen molar-refractivity contribution in [3.63, 3.8) is 0 Å². The molecule has 0 amide bonds. The zero-order valence-electron chi connectivity index (χ0n) is 9.92. The highest BCUT2D eigenvalue weighted by Gasteiger charge is 2.48. The summed E-state index contributed by atoms with van der Waals surface area (Å²) in [6.07, 6.45) is 6.58. The number of aromatic nitrogens is 1. The zero-order valence-corrected chi connectivity index (χ0v) is 11.5. The van der Waals surface area contributed by atoms with E-state index >= 15 is 0 Å². The molecule has 2 aliphatic heterocycles. The number of nitrogens with zero attached hydrogens (tertiary/aromatic N) is 2. The molecule has 18 heavy (non-hydrogen) atoms. The molecule has 1 aromatic heterocycles. The summed E-state index contributed by atoms with van der Waals surface area (Å²) in [4.78, 5) is 17.7. The molecule has 2 aliphatic rings. The van der Waals surface area contributed by atoms with E-state index in [1.54, 1.807) is 6.20 Å². The Kier molecular flexibility index (Phi) is 3.11. The first-order valence-corrected chi connectivity index (χ1v) is 7.02. The van der Waals surface area contributed by atoms with Crippen molar-refractivity contribution in [2.24, 2.45) is 5.92 Å². The van der Waals surface area contributed by atoms with Crippen molar-refractivity contribution < 1.29 is 9.90 Å². The first-order valence-electron chi connectivity index (χ1n) is 6.23. The van der Waals surface area contributed by atoms with Crippen LogP contribution in [0.3, 0.4) is 0 Å². The Morgan fingerprint density at radius 1 is 1.50 bits per heavy atom. The van der Waals surface area contributed by atoms with E-state index in [0.29, 0.717) is 6.04 Å². The first-order chi connectivity index (χ1) is 8.65. The summed E-state index contributed by atoms with van der Waals surface area (Å²) < 4.78 is 0.973. The predicted molar refractivity (Wildman–Crippen MR) is 70.0 cm³/mol. The third-order valence-corrected chi connectivity index (χ3v) is 4.56. The van der Waals surface area contributed by atoms with Gasteiger partial charge in [0.05, 0.1) is 5.92 Å². The summed E-state index contributed by atoms with van der Waals surface area (Å²) >= 11 is 3.42. The average Bonchev–Trinajstić information content (AvgIpc) is 2.86. The SMILES string of the molecule is O=C(O)C1CC2CCC1N2Cc1cncc(Br)c1. The maximum atomic E-state index is 11.2. The van der Waals surface area contributed by atoms with Crippen LogP contribution in [-0.4, -0.2) is 33.0 Å². The van der Waals surface area contributed by atoms with Gasteiger partial charge in [0.1, 0.15) is 0 Å². The molecule has 2 saturated heterocycles. The highest BCUT2D eigenvalue weighted by Crippen LogP contribution is 2.42. The minimum atomic E-state index is -0.639. The van der Waals surface area contributed by atoms with Gasteiger partial charge in [0.25, 0.3) is 0 Å². The van der Waals surface area contributed by atoms with Gasteiger partial charge in [-0.05, 0) is 46.8 Å². The number of fused-ring (bicyclic) bond motifs is 2. The summed E-state index contributed by atoms with van der Waals surface area (Å²) in [5, 5.41) is 9.22. The molecule has 3 unspecified atom stereocenters. The fourth-order valence-electron chi connectivity index (χ4n) is 3.37. The standard InChI is InChI=1S/C13H15BrN2O2/c14-9-3-8(5-15-6-9)7-16-10-1-2-12(16)11(4-10)13(17)18/h3,5-6,10-12H,1-2,4,7H2,(H,17,18). The molecule has 0 spiro atoms. The van der Waals surface area contributed by atoms with Crippen LogP contribution in [0.4, 0.5) is 0 Å². The summed E-state index contributed by atoms with van der Waals surface area (Å²) in [7, 11) is 0. The number of halogens is 1. The predicted octanol–water partition coefficient (Wildman–Crippen LogP) is 2.28. The normalized spacial score (nSPS) is 30.8. The lowest BCUT2D eigenvalue weighted by Crippen LogP contribution is -2.32. The van der Waals surface area contributed by atoms with E-state index in [0.717, 1.165) is 35.8 Å². The fraction of sp³-hybridized carbons (Fsp3) is 0.538. The molecular formula is C13H15BrN2O2. The highest BCUT2D eigenvalue weighted by atomic mass is 79.9. The third-order valence-electron chi connectivity index (χ3n) is 4.12. The van der Waals surface area contributed by atoms with Crippen LogP contribution in [0.1, 0.15) is 24.8 Å². The Labute approximate surface area is 114 Å². The van der Waals surface area contributed by atoms with E-state index in [4.69, 9.17) is 0 Å². The molecule has 0 radical (unpaired) electrons. The number of aliphatic carboxylic acids is 1. The van der Waals surface area contributed by atoms with E-state index in [1.165, 1.54) is 0 Å². The second-order valence-corrected chi connectivity index (χ2v) is 6.08. The number of carbonyl (C=O) groups is 1. The topological polar surface area (TPSA) is 53.4 Å². The van der Waals surface area contributed by atoms with E-state index in [2.05, 4.69) is 31.9 Å². The van der Waals surface area contributed by atoms with Crippen molar-refractivity contribution in [2.75, 3.05) is 0 Å². The molecule has 3 rings (SSSR count). The number of hydrogen-bond acceptors (Lipinski definition) is 3. The number of carboxylic acids is 1. The first kappa shape index (κ1) is 12.1. The smallest absolute Gasteiger partial charge is 0.308 e. The molecular weight excluding hydrogens is 296 g/mol. The molecule has 0 aliphatic carbocycles. The van der Waals surface area contributed by atoms with Gasteiger partial charge in [0, 0.05) is 35.5 Å². The second-order valence-electron chi connectivity index (χ2n) is 5.16. The van der Waals surface area contributed by atoms with Gasteiger partial charge in [-0.25, -0.2) is 0 Å². The van der Waals surface area contributed by atoms with Crippen LogP contribution in [0.5, 0.6) is 0 Å². The lowest BCUT2D eigenvalue weighted by molar-refractivity contribution is -0.142. The van der Waals surface area contributed by atoms with E-state index < -0.39 is 5.97 Å². The van der Waals surface area contributed by atoms with Crippen molar-refractivity contribution in [1.29, 1.82) is 0 Å². The van der Waals surface area contributed by atoms with Crippen molar-refractivity contribution in [2.45, 2.75) is 37.9 Å². The van der Waals surface area contributed by atoms with Gasteiger partial charge in [-0.3, -0.25) is 14.7 Å². The van der Waals surface area contributed by atoms with Crippen LogP contribution < -0.4 is 0 Å². The molecule has 2 fully saturated rings. The summed E-state index contributed by atoms with van der Waals surface area (Å²) in [5.41, 5.74) is 1.15. The van der Waals surface area contributed by atoms with Crippen molar-refractivity contribution in [3.8, 4) is 0 Å². The lowest BCUT2D eigenvalue weighted by atomic mass is 9.89. The van der Waals surface area contributed by atoms with Crippen LogP contribution in [0.25, 0.3) is 0 Å². The van der Waals surface area contributed by atoms with Gasteiger partial charge < -0.3 is 5.11 Å². The molecule has 2 bridgehead atoms. The Hall–Kier alpha value is -0.940. The third kappa shape index (κ3) is 2.06. The maximum Gasteiger partial charge on any atom is 0.308 e. The highest BCUT2D eigenvalue weighted by molar-refractivity contribution is 9.10. The molecule has 5 heteroatoms. The molecule has 0 aromatic carbocycles. The van der Waals surface area contributed by atoms with Crippen LogP contribution >= 0.6 is 15.9 Å². The minimum Gasteiger partial charge on any atom is -0.481 e. The van der Waals surface area contributed by atoms with Gasteiger partial charge in [0.2, 0.25) is 0 Å². The summed E-state index contributed by atoms with van der Waals surface area (Å²) in [6.45, 7) is 0.811. The Bertz CT molecular complexity index is 480. The van der Waals surface area contributed by atoms with Crippen LogP contribution in [-0.2, 0) is 11.3 Å². The molecule has 3 heterocycles. The van der Waals surface area contributed by atoms with Crippen molar-refractivity contribution >= 4 is 21.9 Å². The zero-order chi connectivity index (χ0) is 12.7. The molecule has 0 saturated carbocycles. The Morgan fingerprint density at radius 2 is 2.33 bits per heavy atom. The summed E-state index contributed by atoms with van der Waals surface area (Å²) in [5.74, 6) is -0.816. The quantitative estimate of drug-likeness (QED) is 0.930. The van der Waals surface area contributed by atoms with Gasteiger partial charge in [0.15, 0.2) is 0 Å². The fourth-order valence-corrected chi connectivity index (χ4v) is 3.78. The van der Waals surface area contributed by atoms with Crippen LogP contribution in [0.2, 0.25) is 0 Å². The Balaban J connectivity index is 1.76. The molecule has 1 N–H and O–H groups in total. The molecule has 96 valence electrons. The number of carboxylic acid groups (broad SMARTS) is 1. The van der Waals surface area contributed by atoms with Crippen LogP contribution in [0.15, 0.2) is 22.9 Å². The minimum absolute atomic E-state index is 0.177.